The zero-order chi connectivity index (χ0) is 19.7. The van der Waals surface area contributed by atoms with E-state index >= 15 is 0 Å². The number of amides is 1. The molecule has 3 heterocycles. The summed E-state index contributed by atoms with van der Waals surface area (Å²) in [5, 5.41) is 0. The molecule has 1 saturated heterocycles. The zero-order valence-corrected chi connectivity index (χ0v) is 15.2. The number of benzene rings is 1. The second kappa shape index (κ2) is 7.33. The molecule has 2 aromatic rings. The normalized spacial score (nSPS) is 19.8. The second-order valence-corrected chi connectivity index (χ2v) is 6.99. The van der Waals surface area contributed by atoms with E-state index in [1.54, 1.807) is 4.90 Å². The van der Waals surface area contributed by atoms with Gasteiger partial charge < -0.3 is 14.5 Å². The van der Waals surface area contributed by atoms with E-state index in [1.807, 2.05) is 29.2 Å². The molecule has 2 aliphatic heterocycles. The van der Waals surface area contributed by atoms with Crippen LogP contribution >= 0.6 is 0 Å². The average molecular weight is 391 g/mol. The zero-order valence-electron chi connectivity index (χ0n) is 15.2. The van der Waals surface area contributed by atoms with E-state index in [-0.39, 0.29) is 5.91 Å². The molecular weight excluding hydrogens is 371 g/mol. The fourth-order valence-corrected chi connectivity index (χ4v) is 3.63. The Hall–Kier alpha value is -2.77. The first kappa shape index (κ1) is 18.6. The Kier molecular flexibility index (Phi) is 4.87. The quantitative estimate of drug-likeness (QED) is 0.789. The van der Waals surface area contributed by atoms with Crippen molar-refractivity contribution in [3.05, 3.63) is 53.7 Å². The third-order valence-corrected chi connectivity index (χ3v) is 5.13. The highest BCUT2D eigenvalue weighted by Gasteiger charge is 2.33. The van der Waals surface area contributed by atoms with Crippen molar-refractivity contribution in [1.29, 1.82) is 0 Å². The van der Waals surface area contributed by atoms with Gasteiger partial charge in [0.05, 0.1) is 5.56 Å². The van der Waals surface area contributed by atoms with Crippen LogP contribution in [0.25, 0.3) is 0 Å². The largest absolute Gasteiger partial charge is 0.480 e. The molecule has 0 unspecified atom stereocenters. The van der Waals surface area contributed by atoms with Crippen LogP contribution < -0.4 is 9.64 Å². The summed E-state index contributed by atoms with van der Waals surface area (Å²) in [5.41, 5.74) is 0.270. The lowest BCUT2D eigenvalue weighted by Gasteiger charge is -2.24. The number of halogens is 3. The molecule has 28 heavy (non-hydrogen) atoms. The number of nitrogens with zero attached hydrogens (tertiary/aromatic N) is 3. The van der Waals surface area contributed by atoms with Crippen LogP contribution in [0, 0.1) is 0 Å². The fraction of sp³-hybridized carbons (Fsp3) is 0.400. The molecule has 0 saturated carbocycles. The fourth-order valence-electron chi connectivity index (χ4n) is 3.63. The van der Waals surface area contributed by atoms with Crippen molar-refractivity contribution in [2.24, 2.45) is 0 Å². The molecule has 0 N–H and O–H groups in total. The minimum atomic E-state index is -4.40. The molecule has 4 rings (SSSR count). The lowest BCUT2D eigenvalue weighted by atomic mass is 10.1. The number of carbonyl (C=O) groups excluding carboxylic acids is 1. The van der Waals surface area contributed by atoms with Gasteiger partial charge in [0.15, 0.2) is 6.10 Å². The number of rotatable bonds is 2. The second-order valence-electron chi connectivity index (χ2n) is 6.99. The van der Waals surface area contributed by atoms with E-state index in [0.29, 0.717) is 44.8 Å². The Balaban J connectivity index is 1.38. The number of hydrogen-bond acceptors (Lipinski definition) is 4. The molecule has 148 valence electrons. The molecule has 0 spiro atoms. The summed E-state index contributed by atoms with van der Waals surface area (Å²) in [6.45, 7) is 2.22. The van der Waals surface area contributed by atoms with Gasteiger partial charge in [0.25, 0.3) is 5.91 Å². The highest BCUT2D eigenvalue weighted by atomic mass is 19.4. The van der Waals surface area contributed by atoms with Gasteiger partial charge in [-0.05, 0) is 30.2 Å². The van der Waals surface area contributed by atoms with E-state index in [9.17, 15) is 18.0 Å². The number of anilines is 1. The summed E-state index contributed by atoms with van der Waals surface area (Å²) in [6.07, 6.45) is -2.77. The lowest BCUT2D eigenvalue weighted by Crippen LogP contribution is -2.43. The first-order valence-corrected chi connectivity index (χ1v) is 9.23. The van der Waals surface area contributed by atoms with Crippen LogP contribution in [-0.2, 0) is 17.4 Å². The minimum Gasteiger partial charge on any atom is -0.480 e. The highest BCUT2D eigenvalue weighted by Crippen LogP contribution is 2.30. The Morgan fingerprint density at radius 3 is 2.61 bits per heavy atom. The van der Waals surface area contributed by atoms with Gasteiger partial charge in [0.1, 0.15) is 11.6 Å². The molecule has 0 aliphatic carbocycles. The van der Waals surface area contributed by atoms with Crippen molar-refractivity contribution in [2.75, 3.05) is 31.1 Å². The Morgan fingerprint density at radius 2 is 1.89 bits per heavy atom. The number of fused-ring (bicyclic) bond motifs is 1. The molecule has 8 heteroatoms. The monoisotopic (exact) mass is 391 g/mol. The predicted octanol–water partition coefficient (Wildman–Crippen LogP) is 3.14. The highest BCUT2D eigenvalue weighted by molar-refractivity contribution is 5.82. The van der Waals surface area contributed by atoms with Crippen LogP contribution in [0.1, 0.15) is 17.5 Å². The number of alkyl halides is 3. The van der Waals surface area contributed by atoms with Gasteiger partial charge in [-0.3, -0.25) is 4.79 Å². The van der Waals surface area contributed by atoms with Crippen LogP contribution in [0.2, 0.25) is 0 Å². The topological polar surface area (TPSA) is 45.7 Å². The van der Waals surface area contributed by atoms with E-state index in [0.717, 1.165) is 23.6 Å². The first-order valence-electron chi connectivity index (χ1n) is 9.23. The predicted molar refractivity (Wildman–Crippen MR) is 97.2 cm³/mol. The Morgan fingerprint density at radius 1 is 1.07 bits per heavy atom. The number of pyridine rings is 1. The van der Waals surface area contributed by atoms with E-state index in [4.69, 9.17) is 4.74 Å². The smallest absolute Gasteiger partial charge is 0.417 e. The summed E-state index contributed by atoms with van der Waals surface area (Å²) in [4.78, 5) is 20.5. The van der Waals surface area contributed by atoms with Crippen LogP contribution in [0.15, 0.2) is 42.6 Å². The van der Waals surface area contributed by atoms with Crippen molar-refractivity contribution in [2.45, 2.75) is 25.1 Å². The molecule has 1 aromatic heterocycles. The molecule has 1 amide bonds. The SMILES string of the molecule is O=C([C@@H]1Cc2ccccc2O1)N1CCCN(c2ccc(C(F)(F)F)cn2)CC1. The summed E-state index contributed by atoms with van der Waals surface area (Å²) in [5.74, 6) is 1.21. The standard InChI is InChI=1S/C20H20F3N3O2/c21-20(22,23)15-6-7-18(24-13-15)25-8-3-9-26(11-10-25)19(27)17-12-14-4-1-2-5-16(14)28-17/h1-2,4-7,13,17H,3,8-12H2/t17-/m0/s1. The molecule has 1 fully saturated rings. The van der Waals surface area contributed by atoms with E-state index in [1.165, 1.54) is 6.07 Å². The molecule has 1 aromatic carbocycles. The summed E-state index contributed by atoms with van der Waals surface area (Å²) >= 11 is 0. The van der Waals surface area contributed by atoms with Crippen LogP contribution in [0.4, 0.5) is 19.0 Å². The number of carbonyl (C=O) groups is 1. The van der Waals surface area contributed by atoms with Crippen molar-refractivity contribution in [3.8, 4) is 5.75 Å². The Bertz CT molecular complexity index is 830. The summed E-state index contributed by atoms with van der Waals surface area (Å²) in [6, 6.07) is 10.1. The van der Waals surface area contributed by atoms with Gasteiger partial charge in [-0.25, -0.2) is 4.98 Å². The maximum absolute atomic E-state index is 12.9. The molecule has 0 radical (unpaired) electrons. The van der Waals surface area contributed by atoms with Crippen LogP contribution in [0.5, 0.6) is 5.75 Å². The molecule has 2 aliphatic rings. The third-order valence-electron chi connectivity index (χ3n) is 5.13. The minimum absolute atomic E-state index is 0.0431. The Labute approximate surface area is 160 Å². The van der Waals surface area contributed by atoms with Gasteiger partial charge in [0, 0.05) is 38.8 Å². The number of hydrogen-bond donors (Lipinski definition) is 0. The first-order chi connectivity index (χ1) is 13.4. The van der Waals surface area contributed by atoms with Crippen molar-refractivity contribution < 1.29 is 22.7 Å². The number of ether oxygens (including phenoxy) is 1. The number of para-hydroxylation sites is 1. The number of aromatic nitrogens is 1. The van der Waals surface area contributed by atoms with Crippen molar-refractivity contribution in [1.82, 2.24) is 9.88 Å². The summed E-state index contributed by atoms with van der Waals surface area (Å²) < 4.78 is 43.9. The molecule has 5 nitrogen and oxygen atoms in total. The van der Waals surface area contributed by atoms with Gasteiger partial charge in [-0.2, -0.15) is 13.2 Å². The maximum atomic E-state index is 12.9. The van der Waals surface area contributed by atoms with Crippen LogP contribution in [-0.4, -0.2) is 48.1 Å². The van der Waals surface area contributed by atoms with Crippen LogP contribution in [0.3, 0.4) is 0 Å². The molecule has 0 bridgehead atoms. The van der Waals surface area contributed by atoms with Gasteiger partial charge >= 0.3 is 6.18 Å². The maximum Gasteiger partial charge on any atom is 0.417 e. The molecular formula is C20H20F3N3O2. The average Bonchev–Trinajstić information content (AvgIpc) is 2.96. The van der Waals surface area contributed by atoms with E-state index < -0.39 is 17.8 Å². The van der Waals surface area contributed by atoms with Gasteiger partial charge in [-0.1, -0.05) is 18.2 Å². The summed E-state index contributed by atoms with van der Waals surface area (Å²) in [7, 11) is 0. The van der Waals surface area contributed by atoms with Gasteiger partial charge in [0.2, 0.25) is 0 Å². The van der Waals surface area contributed by atoms with Crippen molar-refractivity contribution in [3.63, 3.8) is 0 Å². The third kappa shape index (κ3) is 3.76. The van der Waals surface area contributed by atoms with Crippen molar-refractivity contribution >= 4 is 11.7 Å². The molecule has 1 atom stereocenters. The lowest BCUT2D eigenvalue weighted by molar-refractivity contribution is -0.138. The van der Waals surface area contributed by atoms with Gasteiger partial charge in [-0.15, -0.1) is 0 Å². The van der Waals surface area contributed by atoms with E-state index in [2.05, 4.69) is 4.98 Å².